The van der Waals surface area contributed by atoms with Crippen LogP contribution in [-0.2, 0) is 33.9 Å². The van der Waals surface area contributed by atoms with Crippen molar-refractivity contribution >= 4 is 17.8 Å². The fraction of sp³-hybridized carbons (Fsp3) is 0.375. The van der Waals surface area contributed by atoms with Gasteiger partial charge in [0, 0.05) is 0 Å². The van der Waals surface area contributed by atoms with E-state index in [1.54, 1.807) is 6.92 Å². The third-order valence-corrected chi connectivity index (χ3v) is 3.40. The van der Waals surface area contributed by atoms with Crippen LogP contribution in [0.5, 0.6) is 0 Å². The summed E-state index contributed by atoms with van der Waals surface area (Å²) in [6, 6.07) is 8.39. The quantitative estimate of drug-likeness (QED) is 0.661. The summed E-state index contributed by atoms with van der Waals surface area (Å²) in [6.07, 6.45) is -0.724. The molecule has 0 spiro atoms. The monoisotopic (exact) mass is 361 g/mol. The molecule has 2 N–H and O–H groups in total. The number of nitrogens with one attached hydrogen (secondary N) is 1. The van der Waals surface area contributed by atoms with Gasteiger partial charge < -0.3 is 15.2 Å². The van der Waals surface area contributed by atoms with Gasteiger partial charge in [-0.25, -0.2) is 4.79 Å². The first-order chi connectivity index (χ1) is 12.5. The highest BCUT2D eigenvalue weighted by Gasteiger charge is 2.21. The predicted octanol–water partition coefficient (Wildman–Crippen LogP) is 0.574. The van der Waals surface area contributed by atoms with E-state index >= 15 is 0 Å². The second-order valence-corrected chi connectivity index (χ2v) is 5.44. The van der Waals surface area contributed by atoms with Crippen LogP contribution in [0.2, 0.25) is 0 Å². The number of ether oxygens (including phenoxy) is 1. The van der Waals surface area contributed by atoms with Crippen LogP contribution in [0, 0.1) is 0 Å². The summed E-state index contributed by atoms with van der Waals surface area (Å²) < 4.78 is 5.09. The van der Waals surface area contributed by atoms with E-state index in [4.69, 9.17) is 9.84 Å². The van der Waals surface area contributed by atoms with Gasteiger partial charge in [-0.2, -0.15) is 4.80 Å². The van der Waals surface area contributed by atoms with Crippen molar-refractivity contribution in [3.05, 3.63) is 41.7 Å². The molecule has 1 amide bonds. The van der Waals surface area contributed by atoms with E-state index in [9.17, 15) is 14.4 Å². The smallest absolute Gasteiger partial charge is 0.408 e. The largest absolute Gasteiger partial charge is 0.481 e. The summed E-state index contributed by atoms with van der Waals surface area (Å²) in [4.78, 5) is 35.7. The van der Waals surface area contributed by atoms with Crippen molar-refractivity contribution in [1.29, 1.82) is 0 Å². The summed E-state index contributed by atoms with van der Waals surface area (Å²) in [7, 11) is 0. The fourth-order valence-corrected chi connectivity index (χ4v) is 2.12. The zero-order chi connectivity index (χ0) is 18.9. The van der Waals surface area contributed by atoms with Gasteiger partial charge in [0.1, 0.15) is 19.6 Å². The first-order valence-corrected chi connectivity index (χ1v) is 7.96. The van der Waals surface area contributed by atoms with Gasteiger partial charge in [-0.15, -0.1) is 10.2 Å². The van der Waals surface area contributed by atoms with Crippen molar-refractivity contribution in [2.24, 2.45) is 0 Å². The highest BCUT2D eigenvalue weighted by molar-refractivity contribution is 5.87. The number of aliphatic carboxylic acids is 1. The zero-order valence-electron chi connectivity index (χ0n) is 14.2. The minimum atomic E-state index is -1.09. The average molecular weight is 361 g/mol. The number of carboxylic acid groups (broad SMARTS) is 1. The molecule has 1 aromatic heterocycles. The number of hydrogen-bond acceptors (Lipinski definition) is 7. The second-order valence-electron chi connectivity index (χ2n) is 5.44. The molecule has 0 aliphatic heterocycles. The SMILES string of the molecule is CCC(NC(=O)OCc1ccccc1)C(=O)Cn1nnc(CC(=O)O)n1. The zero-order valence-corrected chi connectivity index (χ0v) is 14.2. The Morgan fingerprint density at radius 3 is 2.65 bits per heavy atom. The number of amides is 1. The second kappa shape index (κ2) is 9.25. The van der Waals surface area contributed by atoms with E-state index in [0.29, 0.717) is 6.42 Å². The minimum absolute atomic E-state index is 0.00794. The van der Waals surface area contributed by atoms with Crippen molar-refractivity contribution in [2.45, 2.75) is 39.0 Å². The number of benzene rings is 1. The fourth-order valence-electron chi connectivity index (χ4n) is 2.12. The molecule has 0 fully saturated rings. The standard InChI is InChI=1S/C16H19N5O5/c1-2-12(17-16(25)26-10-11-6-4-3-5-7-11)13(22)9-21-19-14(18-20-21)8-15(23)24/h3-7,12H,2,8-10H2,1H3,(H,17,25)(H,23,24). The number of carbonyl (C=O) groups is 3. The maximum absolute atomic E-state index is 12.3. The summed E-state index contributed by atoms with van der Waals surface area (Å²) >= 11 is 0. The Balaban J connectivity index is 1.84. The predicted molar refractivity (Wildman–Crippen MR) is 88.0 cm³/mol. The molecule has 1 heterocycles. The minimum Gasteiger partial charge on any atom is -0.481 e. The van der Waals surface area contributed by atoms with E-state index in [2.05, 4.69) is 20.7 Å². The molecule has 0 radical (unpaired) electrons. The third-order valence-electron chi connectivity index (χ3n) is 3.40. The number of carbonyl (C=O) groups excluding carboxylic acids is 2. The van der Waals surface area contributed by atoms with Crippen LogP contribution in [0.1, 0.15) is 24.7 Å². The van der Waals surface area contributed by atoms with E-state index in [1.165, 1.54) is 0 Å². The van der Waals surface area contributed by atoms with Crippen LogP contribution < -0.4 is 5.32 Å². The Morgan fingerprint density at radius 1 is 1.27 bits per heavy atom. The molecule has 1 atom stereocenters. The number of hydrogen-bond donors (Lipinski definition) is 2. The summed E-state index contributed by atoms with van der Waals surface area (Å²) in [5.74, 6) is -1.43. The molecule has 138 valence electrons. The lowest BCUT2D eigenvalue weighted by Gasteiger charge is -2.15. The Kier molecular flexibility index (Phi) is 6.77. The van der Waals surface area contributed by atoms with Gasteiger partial charge in [-0.1, -0.05) is 37.3 Å². The Labute approximate surface area is 149 Å². The molecule has 1 aromatic carbocycles. The molecular formula is C16H19N5O5. The number of ketones is 1. The third kappa shape index (κ3) is 5.96. The number of alkyl carbamates (subject to hydrolysis) is 1. The number of nitrogens with zero attached hydrogens (tertiary/aromatic N) is 4. The molecule has 0 aliphatic carbocycles. The summed E-state index contributed by atoms with van der Waals surface area (Å²) in [5, 5.41) is 22.2. The Bertz CT molecular complexity index is 761. The Morgan fingerprint density at radius 2 is 2.00 bits per heavy atom. The van der Waals surface area contributed by atoms with Gasteiger partial charge in [-0.05, 0) is 17.2 Å². The van der Waals surface area contributed by atoms with Crippen LogP contribution in [0.15, 0.2) is 30.3 Å². The first kappa shape index (κ1) is 19.0. The van der Waals surface area contributed by atoms with Crippen molar-refractivity contribution in [3.8, 4) is 0 Å². The van der Waals surface area contributed by atoms with Gasteiger partial charge in [0.05, 0.1) is 6.04 Å². The molecule has 1 unspecified atom stereocenters. The van der Waals surface area contributed by atoms with Crippen LogP contribution in [0.4, 0.5) is 4.79 Å². The van der Waals surface area contributed by atoms with Crippen molar-refractivity contribution in [3.63, 3.8) is 0 Å². The van der Waals surface area contributed by atoms with Crippen LogP contribution in [-0.4, -0.2) is 49.2 Å². The summed E-state index contributed by atoms with van der Waals surface area (Å²) in [5.41, 5.74) is 0.833. The maximum Gasteiger partial charge on any atom is 0.408 e. The van der Waals surface area contributed by atoms with Gasteiger partial charge >= 0.3 is 12.1 Å². The lowest BCUT2D eigenvalue weighted by atomic mass is 10.1. The molecule has 2 rings (SSSR count). The van der Waals surface area contributed by atoms with E-state index in [-0.39, 0.29) is 31.2 Å². The normalized spacial score (nSPS) is 11.6. The average Bonchev–Trinajstić information content (AvgIpc) is 3.04. The number of aromatic nitrogens is 4. The molecule has 2 aromatic rings. The molecule has 0 bridgehead atoms. The van der Waals surface area contributed by atoms with Gasteiger partial charge in [0.15, 0.2) is 11.6 Å². The van der Waals surface area contributed by atoms with Crippen molar-refractivity contribution in [2.75, 3.05) is 0 Å². The lowest BCUT2D eigenvalue weighted by molar-refractivity contribution is -0.136. The molecule has 0 saturated heterocycles. The number of Topliss-reactive ketones (excluding diaryl/α,β-unsaturated/α-hetero) is 1. The lowest BCUT2D eigenvalue weighted by Crippen LogP contribution is -2.42. The van der Waals surface area contributed by atoms with Crippen LogP contribution in [0.25, 0.3) is 0 Å². The molecule has 10 heteroatoms. The molecule has 10 nitrogen and oxygen atoms in total. The number of rotatable bonds is 9. The van der Waals surface area contributed by atoms with Gasteiger partial charge in [-0.3, -0.25) is 9.59 Å². The van der Waals surface area contributed by atoms with E-state index in [1.807, 2.05) is 30.3 Å². The van der Waals surface area contributed by atoms with Crippen molar-refractivity contribution in [1.82, 2.24) is 25.5 Å². The Hall–Kier alpha value is -3.30. The number of carboxylic acids is 1. The van der Waals surface area contributed by atoms with E-state index < -0.39 is 18.1 Å². The van der Waals surface area contributed by atoms with Crippen molar-refractivity contribution < 1.29 is 24.2 Å². The highest BCUT2D eigenvalue weighted by Crippen LogP contribution is 2.02. The van der Waals surface area contributed by atoms with E-state index in [0.717, 1.165) is 10.4 Å². The molecule has 0 aliphatic rings. The summed E-state index contributed by atoms with van der Waals surface area (Å²) in [6.45, 7) is 1.61. The first-order valence-electron chi connectivity index (χ1n) is 7.96. The molecule has 26 heavy (non-hydrogen) atoms. The highest BCUT2D eigenvalue weighted by atomic mass is 16.5. The maximum atomic E-state index is 12.3. The topological polar surface area (TPSA) is 136 Å². The molecule has 0 saturated carbocycles. The van der Waals surface area contributed by atoms with Crippen LogP contribution >= 0.6 is 0 Å². The molecular weight excluding hydrogens is 342 g/mol. The van der Waals surface area contributed by atoms with Crippen LogP contribution in [0.3, 0.4) is 0 Å². The van der Waals surface area contributed by atoms with Gasteiger partial charge in [0.25, 0.3) is 0 Å². The number of tetrazole rings is 1. The van der Waals surface area contributed by atoms with Gasteiger partial charge in [0.2, 0.25) is 0 Å².